The van der Waals surface area contributed by atoms with Gasteiger partial charge in [0, 0.05) is 70.5 Å². The average Bonchev–Trinajstić information content (AvgIpc) is 1.80. The molecule has 4 aromatic rings. The summed E-state index contributed by atoms with van der Waals surface area (Å²) in [6, 6.07) is 22.2. The summed E-state index contributed by atoms with van der Waals surface area (Å²) in [6.45, 7) is 6.70. The molecule has 0 saturated heterocycles. The second-order valence-electron chi connectivity index (χ2n) is 29.3. The van der Waals surface area contributed by atoms with Gasteiger partial charge >= 0.3 is 17.9 Å². The number of nitrogens with two attached hydrogens (primary N) is 3. The van der Waals surface area contributed by atoms with Gasteiger partial charge in [0.1, 0.15) is 17.3 Å². The van der Waals surface area contributed by atoms with Gasteiger partial charge in [0.25, 0.3) is 11.8 Å². The number of halogens is 4. The molecule has 0 heterocycles. The van der Waals surface area contributed by atoms with Gasteiger partial charge in [-0.2, -0.15) is 0 Å². The number of hydrogen-bond donors (Lipinski definition) is 12. The highest BCUT2D eigenvalue weighted by molar-refractivity contribution is 6.35. The molecule has 622 valence electrons. The number of aromatic carboxylic acids is 2. The molecular formula is C87H129Cl4N9O12. The van der Waals surface area contributed by atoms with Crippen LogP contribution in [0.2, 0.25) is 20.1 Å². The number of unbranched alkanes of at least 4 members (excludes halogenated alkanes) is 21. The third-order valence-electron chi connectivity index (χ3n) is 20.8. The molecule has 3 aliphatic rings. The number of carboxylic acids is 3. The predicted octanol–water partition coefficient (Wildman–Crippen LogP) is 21.9. The summed E-state index contributed by atoms with van der Waals surface area (Å²) in [7, 11) is 0. The Morgan fingerprint density at radius 3 is 1.22 bits per heavy atom. The third-order valence-corrected chi connectivity index (χ3v) is 21.9. The molecule has 3 aliphatic carbocycles. The first-order chi connectivity index (χ1) is 54.1. The molecule has 0 aliphatic heterocycles. The lowest BCUT2D eigenvalue weighted by atomic mass is 9.86. The van der Waals surface area contributed by atoms with Crippen LogP contribution in [0.1, 0.15) is 292 Å². The minimum absolute atomic E-state index is 0.0209. The molecule has 6 atom stereocenters. The van der Waals surface area contributed by atoms with Crippen molar-refractivity contribution in [3.05, 3.63) is 152 Å². The number of allylic oxidation sites excluding steroid dienone is 3. The van der Waals surface area contributed by atoms with E-state index in [9.17, 15) is 38.4 Å². The third kappa shape index (κ3) is 43.2. The van der Waals surface area contributed by atoms with Crippen LogP contribution in [-0.4, -0.2) is 69.0 Å². The molecule has 3 fully saturated rings. The van der Waals surface area contributed by atoms with Crippen molar-refractivity contribution in [2.45, 2.75) is 271 Å². The van der Waals surface area contributed by atoms with Crippen LogP contribution >= 0.6 is 46.4 Å². The second-order valence-corrected chi connectivity index (χ2v) is 31.0. The summed E-state index contributed by atoms with van der Waals surface area (Å²) in [6.07, 6.45) is 51.9. The van der Waals surface area contributed by atoms with Crippen LogP contribution in [0.25, 0.3) is 0 Å². The lowest BCUT2D eigenvalue weighted by Gasteiger charge is -2.18. The molecule has 0 unspecified atom stereocenters. The molecular weight excluding hydrogens is 1500 g/mol. The highest BCUT2D eigenvalue weighted by atomic mass is 35.5. The van der Waals surface area contributed by atoms with Gasteiger partial charge in [0.05, 0.1) is 44.8 Å². The molecule has 112 heavy (non-hydrogen) atoms. The van der Waals surface area contributed by atoms with E-state index in [0.717, 1.165) is 109 Å². The number of carbonyl (C=O) groups excluding carboxylic acids is 5. The van der Waals surface area contributed by atoms with E-state index < -0.39 is 17.9 Å². The second kappa shape index (κ2) is 61.2. The van der Waals surface area contributed by atoms with Crippen molar-refractivity contribution in [2.75, 3.05) is 28.3 Å². The van der Waals surface area contributed by atoms with Crippen molar-refractivity contribution in [3.8, 4) is 0 Å². The number of hydrogen-bond acceptors (Lipinski definition) is 16. The van der Waals surface area contributed by atoms with Crippen LogP contribution in [0.3, 0.4) is 0 Å². The van der Waals surface area contributed by atoms with E-state index in [1.165, 1.54) is 171 Å². The van der Waals surface area contributed by atoms with Crippen LogP contribution in [0, 0.1) is 35.5 Å². The number of ketones is 3. The van der Waals surface area contributed by atoms with Crippen LogP contribution in [0.4, 0.5) is 22.7 Å². The Morgan fingerprint density at radius 2 is 0.830 bits per heavy atom. The zero-order chi connectivity index (χ0) is 82.1. The number of anilines is 4. The number of aliphatic carboxylic acids is 1. The predicted molar refractivity (Wildman–Crippen MR) is 456 cm³/mol. The largest absolute Gasteiger partial charge is 0.478 e. The SMILES string of the molecule is CCCCCCCC[C@H]1CCC(=O)[C@@H]1CCCCC=C(CON)C(=O)NNc1ccc(C(=O)O)cc1.CCCCCCCC[C@H]1CCC(=O)[C@@H]1CCCCC=CC(=O)NNc1cc(Cl)ccc1Cl.CCCCCCCC[C@H]1CCC(=O)[C@@H]1CCCCC=CC(=O)O.NNc1cc(Cl)ccc1Cl.NNc1ccc(C(=O)O)cc1. The van der Waals surface area contributed by atoms with E-state index >= 15 is 0 Å². The molecule has 2 amide bonds. The Hall–Kier alpha value is -7.34. The first-order valence-corrected chi connectivity index (χ1v) is 42.4. The highest BCUT2D eigenvalue weighted by Crippen LogP contribution is 2.39. The molecule has 15 N–H and O–H groups in total. The van der Waals surface area contributed by atoms with Crippen molar-refractivity contribution in [2.24, 2.45) is 53.1 Å². The summed E-state index contributed by atoms with van der Waals surface area (Å²) in [5.41, 5.74) is 18.8. The average molecular weight is 1630 g/mol. The minimum atomic E-state index is -1.01. The van der Waals surface area contributed by atoms with Gasteiger partial charge in [-0.25, -0.2) is 20.3 Å². The standard InChI is InChI=1S/C28H43N3O5.C26H38Cl2N2O2.C20H34O3.C7H8N2O2.C6H6Cl2N2/c1-2-3-4-5-6-8-11-21-16-19-26(32)25(21)13-10-7-9-12-23(20-36-29)27(33)31-30-24-17-14-22(15-18-24)28(34)35;1-2-3-4-5-6-9-12-20-15-18-25(31)22(20)13-10-7-8-11-14-26(32)30-29-24-19-21(27)16-17-23(24)28;1-2-3-4-5-6-9-12-17-15-16-19(21)18(17)13-10-7-8-11-14-20(22)23;8-9-6-3-1-5(2-4-6)7(10)11;7-4-1-2-5(8)6(3-4)10-9/h12,14-15,17-18,21,25,30H,2-11,13,16,19-20,29H2,1H3,(H,31,33)(H,34,35);11,14,16-17,19-20,22,29H,2-10,12-13,15,18H2,1H3,(H,30,32);11,14,17-18H,2-10,12-13,15-16H2,1H3,(H,22,23);1-4,9H,8H2,(H,10,11);1-3,10H,9H2/t21-,25+;20-,22+;17-,18+;;/m000../s1. The normalized spacial score (nSPS) is 17.1. The lowest BCUT2D eigenvalue weighted by molar-refractivity contribution is -0.131. The van der Waals surface area contributed by atoms with Crippen LogP contribution in [0.5, 0.6) is 0 Å². The minimum Gasteiger partial charge on any atom is -0.478 e. The van der Waals surface area contributed by atoms with Gasteiger partial charge < -0.3 is 26.2 Å². The number of benzene rings is 4. The number of nitrogen functional groups attached to an aromatic ring is 2. The summed E-state index contributed by atoms with van der Waals surface area (Å²) < 4.78 is 0. The monoisotopic (exact) mass is 1630 g/mol. The number of hydrazine groups is 4. The van der Waals surface area contributed by atoms with E-state index in [2.05, 4.69) is 58.2 Å². The number of amides is 2. The molecule has 0 radical (unpaired) electrons. The molecule has 0 bridgehead atoms. The van der Waals surface area contributed by atoms with Crippen molar-refractivity contribution in [1.29, 1.82) is 0 Å². The first kappa shape index (κ1) is 98.9. The Labute approximate surface area is 686 Å². The molecule has 4 aromatic carbocycles. The quantitative estimate of drug-likeness (QED) is 0.00846. The number of carbonyl (C=O) groups is 8. The van der Waals surface area contributed by atoms with Crippen molar-refractivity contribution in [1.82, 2.24) is 10.9 Å². The fraction of sp³-hybridized carbons (Fsp3) is 0.563. The maximum atomic E-state index is 12.5. The van der Waals surface area contributed by atoms with Gasteiger partial charge in [-0.3, -0.25) is 62.2 Å². The molecule has 25 heteroatoms. The molecule has 0 aromatic heterocycles. The molecule has 3 saturated carbocycles. The van der Waals surface area contributed by atoms with E-state index in [1.807, 2.05) is 12.2 Å². The highest BCUT2D eigenvalue weighted by Gasteiger charge is 2.35. The van der Waals surface area contributed by atoms with Gasteiger partial charge in [-0.1, -0.05) is 220 Å². The Morgan fingerprint density at radius 1 is 0.446 bits per heavy atom. The van der Waals surface area contributed by atoms with Gasteiger partial charge in [0.15, 0.2) is 0 Å². The zero-order valence-electron chi connectivity index (χ0n) is 66.5. The maximum absolute atomic E-state index is 12.5. The first-order valence-electron chi connectivity index (χ1n) is 40.9. The summed E-state index contributed by atoms with van der Waals surface area (Å²) >= 11 is 23.3. The Balaban J connectivity index is 0.000000389. The maximum Gasteiger partial charge on any atom is 0.335 e. The number of nitrogens with one attached hydrogen (secondary N) is 6. The Bertz CT molecular complexity index is 3470. The Kier molecular flexibility index (Phi) is 54.0. The van der Waals surface area contributed by atoms with E-state index in [-0.39, 0.29) is 47.3 Å². The smallest absolute Gasteiger partial charge is 0.335 e. The van der Waals surface area contributed by atoms with E-state index in [4.69, 9.17) is 79.3 Å². The van der Waals surface area contributed by atoms with Crippen LogP contribution in [0.15, 0.2) is 121 Å². The van der Waals surface area contributed by atoms with Crippen molar-refractivity contribution < 1.29 is 58.5 Å². The zero-order valence-corrected chi connectivity index (χ0v) is 69.5. The summed E-state index contributed by atoms with van der Waals surface area (Å²) in [5.74, 6) is 15.9. The van der Waals surface area contributed by atoms with E-state index in [0.29, 0.717) is 89.9 Å². The molecule has 0 spiro atoms. The van der Waals surface area contributed by atoms with Crippen molar-refractivity contribution in [3.63, 3.8) is 0 Å². The van der Waals surface area contributed by atoms with Crippen LogP contribution < -0.4 is 50.1 Å². The molecule has 7 rings (SSSR count). The fourth-order valence-electron chi connectivity index (χ4n) is 14.4. The molecule has 21 nitrogen and oxygen atoms in total. The number of carboxylic acid groups (broad SMARTS) is 3. The van der Waals surface area contributed by atoms with E-state index in [1.54, 1.807) is 66.7 Å². The number of rotatable bonds is 49. The summed E-state index contributed by atoms with van der Waals surface area (Å²) in [5, 5.41) is 28.2. The van der Waals surface area contributed by atoms with Crippen molar-refractivity contribution >= 4 is 116 Å². The van der Waals surface area contributed by atoms with Crippen LogP contribution in [-0.2, 0) is 33.6 Å². The van der Waals surface area contributed by atoms with Gasteiger partial charge in [0.2, 0.25) is 0 Å². The van der Waals surface area contributed by atoms with Gasteiger partial charge in [-0.15, -0.1) is 0 Å². The fourth-order valence-corrected chi connectivity index (χ4v) is 15.1. The van der Waals surface area contributed by atoms with Gasteiger partial charge in [-0.05, 0) is 199 Å². The lowest BCUT2D eigenvalue weighted by Crippen LogP contribution is -2.32. The number of Topliss-reactive ketones (excluding diaryl/α,β-unsaturated/α-hetero) is 3. The summed E-state index contributed by atoms with van der Waals surface area (Å²) in [4.78, 5) is 97.6. The topological polar surface area (TPSA) is 357 Å².